The summed E-state index contributed by atoms with van der Waals surface area (Å²) in [7, 11) is 0. The van der Waals surface area contributed by atoms with E-state index in [0.29, 0.717) is 11.8 Å². The van der Waals surface area contributed by atoms with Gasteiger partial charge in [0.2, 0.25) is 0 Å². The van der Waals surface area contributed by atoms with Gasteiger partial charge in [-0.15, -0.1) is 0 Å². The smallest absolute Gasteiger partial charge is 0.160 e. The summed E-state index contributed by atoms with van der Waals surface area (Å²) in [6.45, 7) is 9.76. The zero-order valence-corrected chi connectivity index (χ0v) is 19.0. The Bertz CT molecular complexity index is 603. The number of piperidine rings is 2. The van der Waals surface area contributed by atoms with Crippen LogP contribution in [0.1, 0.15) is 76.7 Å². The maximum Gasteiger partial charge on any atom is 0.160 e. The zero-order chi connectivity index (χ0) is 21.2. The van der Waals surface area contributed by atoms with Crippen LogP contribution >= 0.6 is 0 Å². The van der Waals surface area contributed by atoms with Crippen molar-refractivity contribution in [2.45, 2.75) is 77.4 Å². The molecule has 170 valence electrons. The molecule has 0 unspecified atom stereocenters. The number of anilines is 1. The topological polar surface area (TPSA) is 33.7 Å². The number of halogens is 1. The van der Waals surface area contributed by atoms with Crippen molar-refractivity contribution >= 4 is 5.69 Å². The van der Waals surface area contributed by atoms with Crippen LogP contribution in [0.2, 0.25) is 0 Å². The van der Waals surface area contributed by atoms with Crippen molar-refractivity contribution in [3.05, 3.63) is 29.6 Å². The van der Waals surface area contributed by atoms with E-state index in [1.807, 2.05) is 6.07 Å². The number of ether oxygens (including phenoxy) is 2. The lowest BCUT2D eigenvalue weighted by molar-refractivity contribution is -0.177. The third-order valence-corrected chi connectivity index (χ3v) is 6.61. The molecule has 2 aliphatic heterocycles. The van der Waals surface area contributed by atoms with Crippen LogP contribution in [0, 0.1) is 11.7 Å². The fourth-order valence-electron chi connectivity index (χ4n) is 4.61. The zero-order valence-electron chi connectivity index (χ0n) is 19.0. The number of rotatable bonds is 11. The fraction of sp³-hybridized carbons (Fsp3) is 0.760. The van der Waals surface area contributed by atoms with E-state index in [1.165, 1.54) is 0 Å². The van der Waals surface area contributed by atoms with Crippen LogP contribution in [0.4, 0.5) is 10.1 Å². The first-order chi connectivity index (χ1) is 14.7. The van der Waals surface area contributed by atoms with Crippen molar-refractivity contribution in [2.75, 3.05) is 44.3 Å². The van der Waals surface area contributed by atoms with Crippen molar-refractivity contribution in [3.8, 4) is 0 Å². The van der Waals surface area contributed by atoms with Crippen LogP contribution in [0.15, 0.2) is 18.2 Å². The van der Waals surface area contributed by atoms with Gasteiger partial charge in [0.1, 0.15) is 5.82 Å². The third-order valence-electron chi connectivity index (χ3n) is 6.61. The molecular formula is C25H41FN2O2. The fourth-order valence-corrected chi connectivity index (χ4v) is 4.61. The predicted octanol–water partition coefficient (Wildman–Crippen LogP) is 5.47. The van der Waals surface area contributed by atoms with E-state index in [4.69, 9.17) is 9.47 Å². The molecule has 2 heterocycles. The van der Waals surface area contributed by atoms with Crippen molar-refractivity contribution in [1.29, 1.82) is 0 Å². The van der Waals surface area contributed by atoms with Crippen LogP contribution in [0.3, 0.4) is 0 Å². The Kier molecular flexibility index (Phi) is 9.89. The monoisotopic (exact) mass is 420 g/mol. The molecule has 1 aromatic carbocycles. The summed E-state index contributed by atoms with van der Waals surface area (Å²) < 4.78 is 27.1. The molecule has 2 aliphatic rings. The molecule has 1 aromatic rings. The lowest BCUT2D eigenvalue weighted by Gasteiger charge is -2.37. The van der Waals surface area contributed by atoms with Gasteiger partial charge in [-0.3, -0.25) is 0 Å². The van der Waals surface area contributed by atoms with E-state index >= 15 is 0 Å². The Balaban J connectivity index is 1.54. The van der Waals surface area contributed by atoms with Crippen LogP contribution in [-0.2, 0) is 9.47 Å². The Morgan fingerprint density at radius 2 is 1.63 bits per heavy atom. The van der Waals surface area contributed by atoms with Gasteiger partial charge in [0.25, 0.3) is 0 Å². The Morgan fingerprint density at radius 3 is 2.20 bits per heavy atom. The number of nitrogens with zero attached hydrogens (tertiary/aromatic N) is 1. The highest BCUT2D eigenvalue weighted by Crippen LogP contribution is 2.32. The number of hydrogen-bond donors (Lipinski definition) is 1. The molecule has 1 N–H and O–H groups in total. The molecule has 2 saturated heterocycles. The summed E-state index contributed by atoms with van der Waals surface area (Å²) in [4.78, 5) is 2.32. The van der Waals surface area contributed by atoms with Gasteiger partial charge in [0.05, 0.1) is 0 Å². The molecule has 2 fully saturated rings. The summed E-state index contributed by atoms with van der Waals surface area (Å²) in [6.07, 6.45) is 8.45. The van der Waals surface area contributed by atoms with Gasteiger partial charge >= 0.3 is 0 Å². The number of unbranched alkanes of at least 4 members (excludes halogenated alkanes) is 2. The number of nitrogens with one attached hydrogen (secondary N) is 1. The minimum absolute atomic E-state index is 0.0369. The molecule has 0 bridgehead atoms. The van der Waals surface area contributed by atoms with Gasteiger partial charge in [-0.2, -0.15) is 0 Å². The summed E-state index contributed by atoms with van der Waals surface area (Å²) in [5, 5.41) is 3.36. The van der Waals surface area contributed by atoms with Crippen molar-refractivity contribution in [1.82, 2.24) is 5.32 Å². The maximum absolute atomic E-state index is 14.9. The summed E-state index contributed by atoms with van der Waals surface area (Å²) >= 11 is 0. The summed E-state index contributed by atoms with van der Waals surface area (Å²) in [5.41, 5.74) is 1.91. The number of hydrogen-bond acceptors (Lipinski definition) is 4. The molecule has 0 amide bonds. The second-order valence-corrected chi connectivity index (χ2v) is 8.87. The molecular weight excluding hydrogens is 379 g/mol. The molecule has 0 radical (unpaired) electrons. The first-order valence-corrected chi connectivity index (χ1v) is 12.2. The normalized spacial score (nSPS) is 19.0. The largest absolute Gasteiger partial charge is 0.371 e. The van der Waals surface area contributed by atoms with Crippen molar-refractivity contribution in [2.24, 2.45) is 5.92 Å². The molecule has 3 rings (SSSR count). The van der Waals surface area contributed by atoms with E-state index in [0.717, 1.165) is 102 Å². The molecule has 0 atom stereocenters. The molecule has 0 aliphatic carbocycles. The van der Waals surface area contributed by atoms with Gasteiger partial charge in [0, 0.05) is 37.9 Å². The minimum atomic E-state index is -0.0933. The molecule has 4 nitrogen and oxygen atoms in total. The lowest BCUT2D eigenvalue weighted by atomic mass is 9.89. The number of benzene rings is 1. The van der Waals surface area contributed by atoms with E-state index in [-0.39, 0.29) is 12.1 Å². The second-order valence-electron chi connectivity index (χ2n) is 8.87. The third kappa shape index (κ3) is 6.66. The van der Waals surface area contributed by atoms with Gasteiger partial charge in [-0.05, 0) is 75.2 Å². The second kappa shape index (κ2) is 12.6. The Hall–Kier alpha value is -1.17. The highest BCUT2D eigenvalue weighted by molar-refractivity contribution is 5.49. The van der Waals surface area contributed by atoms with E-state index in [1.54, 1.807) is 6.07 Å². The van der Waals surface area contributed by atoms with Crippen LogP contribution < -0.4 is 10.2 Å². The highest BCUT2D eigenvalue weighted by atomic mass is 19.1. The average Bonchev–Trinajstić information content (AvgIpc) is 2.79. The van der Waals surface area contributed by atoms with Gasteiger partial charge in [0.15, 0.2) is 6.29 Å². The maximum atomic E-state index is 14.9. The van der Waals surface area contributed by atoms with E-state index in [9.17, 15) is 4.39 Å². The van der Waals surface area contributed by atoms with Crippen LogP contribution in [-0.4, -0.2) is 45.7 Å². The standard InChI is InChI=1S/C25H41FN2O2/c1-3-5-17-29-25(30-18-6-4-2)21-11-15-28(16-12-21)22-7-8-23(24(26)19-22)20-9-13-27-14-10-20/h7-8,19-21,25,27H,3-6,9-18H2,1-2H3. The summed E-state index contributed by atoms with van der Waals surface area (Å²) in [6, 6.07) is 5.90. The summed E-state index contributed by atoms with van der Waals surface area (Å²) in [5.74, 6) is 0.742. The van der Waals surface area contributed by atoms with Crippen molar-refractivity contribution in [3.63, 3.8) is 0 Å². The molecule has 30 heavy (non-hydrogen) atoms. The molecule has 0 saturated carbocycles. The van der Waals surface area contributed by atoms with E-state index in [2.05, 4.69) is 30.1 Å². The van der Waals surface area contributed by atoms with Gasteiger partial charge in [-0.25, -0.2) is 4.39 Å². The predicted molar refractivity (Wildman–Crippen MR) is 122 cm³/mol. The van der Waals surface area contributed by atoms with Crippen LogP contribution in [0.5, 0.6) is 0 Å². The Morgan fingerprint density at radius 1 is 1.00 bits per heavy atom. The minimum Gasteiger partial charge on any atom is -0.371 e. The van der Waals surface area contributed by atoms with Crippen LogP contribution in [0.25, 0.3) is 0 Å². The lowest BCUT2D eigenvalue weighted by Crippen LogP contribution is -2.40. The molecule has 5 heteroatoms. The first-order valence-electron chi connectivity index (χ1n) is 12.2. The average molecular weight is 421 g/mol. The first kappa shape index (κ1) is 23.5. The van der Waals surface area contributed by atoms with Crippen molar-refractivity contribution < 1.29 is 13.9 Å². The molecule has 0 aromatic heterocycles. The SMILES string of the molecule is CCCCOC(OCCCC)C1CCN(c2ccc(C3CCNCC3)c(F)c2)CC1. The quantitative estimate of drug-likeness (QED) is 0.380. The molecule has 0 spiro atoms. The highest BCUT2D eigenvalue weighted by Gasteiger charge is 2.28. The van der Waals surface area contributed by atoms with Gasteiger partial charge in [-0.1, -0.05) is 32.8 Å². The van der Waals surface area contributed by atoms with E-state index < -0.39 is 0 Å². The van der Waals surface area contributed by atoms with Gasteiger partial charge < -0.3 is 19.7 Å². The Labute approximate surface area is 182 Å².